The normalized spacial score (nSPS) is 15.8. The molecule has 0 bridgehead atoms. The summed E-state index contributed by atoms with van der Waals surface area (Å²) >= 11 is 4.93. The van der Waals surface area contributed by atoms with Crippen molar-refractivity contribution in [2.24, 2.45) is 11.7 Å². The number of aromatic nitrogens is 2. The van der Waals surface area contributed by atoms with Gasteiger partial charge >= 0.3 is 0 Å². The third-order valence-electron chi connectivity index (χ3n) is 3.90. The van der Waals surface area contributed by atoms with Gasteiger partial charge in [-0.05, 0) is 25.2 Å². The van der Waals surface area contributed by atoms with Gasteiger partial charge in [-0.15, -0.1) is 0 Å². The van der Waals surface area contributed by atoms with Gasteiger partial charge in [0, 0.05) is 12.6 Å². The van der Waals surface area contributed by atoms with Crippen LogP contribution in [0.15, 0.2) is 12.4 Å². The van der Waals surface area contributed by atoms with Gasteiger partial charge < -0.3 is 10.6 Å². The minimum absolute atomic E-state index is 0.304. The Bertz CT molecular complexity index is 438. The molecule has 1 aromatic rings. The lowest BCUT2D eigenvalue weighted by Crippen LogP contribution is -2.35. The summed E-state index contributed by atoms with van der Waals surface area (Å²) in [5, 5.41) is 0. The van der Waals surface area contributed by atoms with Crippen LogP contribution in [-0.4, -0.2) is 27.5 Å². The smallest absolute Gasteiger partial charge is 0.147 e. The number of rotatable bonds is 6. The second-order valence-corrected chi connectivity index (χ2v) is 6.38. The van der Waals surface area contributed by atoms with E-state index in [0.717, 1.165) is 12.4 Å². The van der Waals surface area contributed by atoms with Gasteiger partial charge in [0.1, 0.15) is 16.5 Å². The Morgan fingerprint density at radius 3 is 2.55 bits per heavy atom. The molecule has 4 nitrogen and oxygen atoms in total. The third-order valence-corrected chi connectivity index (χ3v) is 4.11. The fourth-order valence-corrected chi connectivity index (χ4v) is 2.80. The summed E-state index contributed by atoms with van der Waals surface area (Å²) in [6, 6.07) is 0.610. The van der Waals surface area contributed by atoms with Crippen molar-refractivity contribution in [3.63, 3.8) is 0 Å². The molecule has 1 aromatic heterocycles. The lowest BCUT2D eigenvalue weighted by Gasteiger charge is -2.30. The summed E-state index contributed by atoms with van der Waals surface area (Å²) < 4.78 is 0. The van der Waals surface area contributed by atoms with Crippen LogP contribution in [0.2, 0.25) is 0 Å². The first-order chi connectivity index (χ1) is 9.58. The molecular formula is C15H24N4S. The van der Waals surface area contributed by atoms with E-state index in [1.165, 1.54) is 32.1 Å². The Kier molecular flexibility index (Phi) is 5.29. The molecule has 0 radical (unpaired) electrons. The van der Waals surface area contributed by atoms with Crippen molar-refractivity contribution in [3.05, 3.63) is 18.1 Å². The molecule has 20 heavy (non-hydrogen) atoms. The van der Waals surface area contributed by atoms with E-state index in [2.05, 4.69) is 28.7 Å². The maximum atomic E-state index is 5.58. The second-order valence-electron chi connectivity index (χ2n) is 5.94. The number of hydrogen-bond donors (Lipinski definition) is 1. The fourth-order valence-electron chi connectivity index (χ4n) is 2.69. The molecule has 1 fully saturated rings. The maximum absolute atomic E-state index is 5.58. The molecule has 5 heteroatoms. The van der Waals surface area contributed by atoms with Crippen LogP contribution in [0.4, 0.5) is 5.82 Å². The van der Waals surface area contributed by atoms with E-state index in [1.54, 1.807) is 6.20 Å². The van der Waals surface area contributed by atoms with Crippen molar-refractivity contribution < 1.29 is 0 Å². The van der Waals surface area contributed by atoms with Crippen molar-refractivity contribution >= 4 is 23.0 Å². The van der Waals surface area contributed by atoms with Gasteiger partial charge in [-0.25, -0.2) is 9.97 Å². The number of hydrogen-bond acceptors (Lipinski definition) is 4. The molecule has 0 amide bonds. The Morgan fingerprint density at radius 1 is 1.35 bits per heavy atom. The zero-order chi connectivity index (χ0) is 14.5. The van der Waals surface area contributed by atoms with Crippen molar-refractivity contribution in [2.75, 3.05) is 11.4 Å². The topological polar surface area (TPSA) is 55.0 Å². The highest BCUT2D eigenvalue weighted by Gasteiger charge is 2.24. The van der Waals surface area contributed by atoms with Crippen LogP contribution >= 0.6 is 12.2 Å². The first-order valence-corrected chi connectivity index (χ1v) is 7.87. The molecule has 0 spiro atoms. The average molecular weight is 292 g/mol. The van der Waals surface area contributed by atoms with Crippen LogP contribution in [0, 0.1) is 5.92 Å². The van der Waals surface area contributed by atoms with Crippen LogP contribution < -0.4 is 10.6 Å². The highest BCUT2D eigenvalue weighted by atomic mass is 32.1. The average Bonchev–Trinajstić information content (AvgIpc) is 2.93. The van der Waals surface area contributed by atoms with E-state index in [0.29, 0.717) is 22.6 Å². The summed E-state index contributed by atoms with van der Waals surface area (Å²) in [5.41, 5.74) is 6.17. The lowest BCUT2D eigenvalue weighted by molar-refractivity contribution is 0.524. The van der Waals surface area contributed by atoms with Crippen LogP contribution in [0.25, 0.3) is 0 Å². The van der Waals surface area contributed by atoms with E-state index in [4.69, 9.17) is 18.0 Å². The van der Waals surface area contributed by atoms with E-state index >= 15 is 0 Å². The molecule has 2 N–H and O–H groups in total. The number of nitrogens with two attached hydrogens (primary N) is 1. The summed E-state index contributed by atoms with van der Waals surface area (Å²) in [6.07, 6.45) is 9.84. The molecule has 0 unspecified atom stereocenters. The van der Waals surface area contributed by atoms with Gasteiger partial charge in [-0.3, -0.25) is 0 Å². The Hall–Kier alpha value is -1.23. The molecule has 0 saturated heterocycles. The number of nitrogens with zero attached hydrogens (tertiary/aromatic N) is 3. The molecule has 2 rings (SSSR count). The molecule has 0 aliphatic heterocycles. The Labute approximate surface area is 126 Å². The summed E-state index contributed by atoms with van der Waals surface area (Å²) in [7, 11) is 0. The van der Waals surface area contributed by atoms with Crippen molar-refractivity contribution in [2.45, 2.75) is 52.0 Å². The highest BCUT2D eigenvalue weighted by molar-refractivity contribution is 7.80. The van der Waals surface area contributed by atoms with Crippen molar-refractivity contribution in [3.8, 4) is 0 Å². The Balaban J connectivity index is 2.13. The van der Waals surface area contributed by atoms with Gasteiger partial charge in [-0.1, -0.05) is 38.9 Å². The number of thiocarbonyl (C=S) groups is 1. The van der Waals surface area contributed by atoms with Crippen LogP contribution in [0.5, 0.6) is 0 Å². The number of anilines is 1. The summed E-state index contributed by atoms with van der Waals surface area (Å²) in [5.74, 6) is 1.65. The predicted molar refractivity (Wildman–Crippen MR) is 87.0 cm³/mol. The van der Waals surface area contributed by atoms with Gasteiger partial charge in [0.05, 0.1) is 12.4 Å². The van der Waals surface area contributed by atoms with Crippen LogP contribution in [0.3, 0.4) is 0 Å². The van der Waals surface area contributed by atoms with Gasteiger partial charge in [0.25, 0.3) is 0 Å². The van der Waals surface area contributed by atoms with Gasteiger partial charge in [0.2, 0.25) is 0 Å². The largest absolute Gasteiger partial charge is 0.388 e. The third kappa shape index (κ3) is 3.88. The SMILES string of the molecule is CC(C)CCN(c1cnc(C(N)=S)cn1)C1CCCC1. The quantitative estimate of drug-likeness (QED) is 0.817. The minimum atomic E-state index is 0.304. The van der Waals surface area contributed by atoms with Crippen LogP contribution in [-0.2, 0) is 0 Å². The molecule has 0 aromatic carbocycles. The lowest BCUT2D eigenvalue weighted by atomic mass is 10.1. The summed E-state index contributed by atoms with van der Waals surface area (Å²) in [4.78, 5) is 11.6. The van der Waals surface area contributed by atoms with E-state index in [9.17, 15) is 0 Å². The summed E-state index contributed by atoms with van der Waals surface area (Å²) in [6.45, 7) is 5.56. The molecule has 1 saturated carbocycles. The second kappa shape index (κ2) is 6.97. The van der Waals surface area contributed by atoms with E-state index in [-0.39, 0.29) is 0 Å². The van der Waals surface area contributed by atoms with Gasteiger partial charge in [-0.2, -0.15) is 0 Å². The predicted octanol–water partition coefficient (Wildman–Crippen LogP) is 2.91. The molecular weight excluding hydrogens is 268 g/mol. The zero-order valence-corrected chi connectivity index (χ0v) is 13.2. The fraction of sp³-hybridized carbons (Fsp3) is 0.667. The molecule has 1 heterocycles. The molecule has 1 aliphatic rings. The van der Waals surface area contributed by atoms with Crippen molar-refractivity contribution in [1.29, 1.82) is 0 Å². The maximum Gasteiger partial charge on any atom is 0.147 e. The molecule has 110 valence electrons. The molecule has 1 aliphatic carbocycles. The van der Waals surface area contributed by atoms with Gasteiger partial charge in [0.15, 0.2) is 0 Å². The van der Waals surface area contributed by atoms with E-state index < -0.39 is 0 Å². The minimum Gasteiger partial charge on any atom is -0.388 e. The molecule has 0 atom stereocenters. The Morgan fingerprint density at radius 2 is 2.05 bits per heavy atom. The standard InChI is InChI=1S/C15H24N4S/c1-11(2)7-8-19(12-5-3-4-6-12)14-10-17-13(9-18-14)15(16)20/h9-12H,3-8H2,1-2H3,(H2,16,20). The zero-order valence-electron chi connectivity index (χ0n) is 12.4. The first kappa shape index (κ1) is 15.2. The first-order valence-electron chi connectivity index (χ1n) is 7.46. The highest BCUT2D eigenvalue weighted by Crippen LogP contribution is 2.27. The van der Waals surface area contributed by atoms with E-state index in [1.807, 2.05) is 6.20 Å². The monoisotopic (exact) mass is 292 g/mol. The van der Waals surface area contributed by atoms with Crippen molar-refractivity contribution in [1.82, 2.24) is 9.97 Å². The van der Waals surface area contributed by atoms with Crippen LogP contribution in [0.1, 0.15) is 51.6 Å².